The average molecular weight is 429 g/mol. The summed E-state index contributed by atoms with van der Waals surface area (Å²) in [4.78, 5) is 32.7. The molecule has 0 fully saturated rings. The van der Waals surface area contributed by atoms with Crippen LogP contribution in [0.4, 0.5) is 10.5 Å². The number of nitriles is 1. The van der Waals surface area contributed by atoms with E-state index in [0.717, 1.165) is 5.56 Å². The van der Waals surface area contributed by atoms with Crippen LogP contribution in [0.15, 0.2) is 65.5 Å². The van der Waals surface area contributed by atoms with E-state index in [2.05, 4.69) is 30.2 Å². The summed E-state index contributed by atoms with van der Waals surface area (Å²) in [6.07, 6.45) is 1.32. The van der Waals surface area contributed by atoms with Crippen molar-refractivity contribution in [1.82, 2.24) is 9.80 Å². The van der Waals surface area contributed by atoms with Crippen LogP contribution in [0.25, 0.3) is 0 Å². The topological polar surface area (TPSA) is 98.0 Å². The first-order chi connectivity index (χ1) is 15.4. The Morgan fingerprint density at radius 3 is 2.72 bits per heavy atom. The number of carbonyl (C=O) groups is 2. The van der Waals surface area contributed by atoms with Crippen molar-refractivity contribution in [2.75, 3.05) is 18.4 Å². The summed E-state index contributed by atoms with van der Waals surface area (Å²) >= 11 is 0. The Balaban J connectivity index is 1.43. The van der Waals surface area contributed by atoms with E-state index in [0.29, 0.717) is 36.8 Å². The van der Waals surface area contributed by atoms with Crippen molar-refractivity contribution in [3.63, 3.8) is 0 Å². The molecule has 0 bridgehead atoms. The van der Waals surface area contributed by atoms with Gasteiger partial charge in [-0.15, -0.1) is 4.99 Å². The van der Waals surface area contributed by atoms with Crippen LogP contribution in [0, 0.1) is 11.3 Å². The van der Waals surface area contributed by atoms with Crippen LogP contribution in [0.5, 0.6) is 0 Å². The zero-order chi connectivity index (χ0) is 22.7. The number of ether oxygens (including phenoxy) is 1. The van der Waals surface area contributed by atoms with Crippen molar-refractivity contribution >= 4 is 23.6 Å². The summed E-state index contributed by atoms with van der Waals surface area (Å²) in [6.45, 7) is 5.23. The van der Waals surface area contributed by atoms with Crippen LogP contribution in [-0.4, -0.2) is 40.8 Å². The first-order valence-corrected chi connectivity index (χ1v) is 10.4. The number of nitrogens with zero attached hydrogens (tertiary/aromatic N) is 4. The molecule has 0 atom stereocenters. The predicted molar refractivity (Wildman–Crippen MR) is 119 cm³/mol. The SMILES string of the molecule is CC(C)c1ccc(NC(=O)C2=COC3=NC(=O)N(Cc4cccc(C#N)c4)CCN23)cc1. The number of fused-ring (bicyclic) bond motifs is 1. The standard InChI is InChI=1S/C24H23N5O3/c1-16(2)19-6-8-20(9-7-19)26-22(30)21-15-32-24-27-23(31)28(10-11-29(21)24)14-18-5-3-4-17(12-18)13-25/h3-9,12,15-16H,10-11,14H2,1-2H3,(H,26,30). The molecule has 0 aliphatic carbocycles. The highest BCUT2D eigenvalue weighted by molar-refractivity contribution is 6.08. The molecule has 32 heavy (non-hydrogen) atoms. The Morgan fingerprint density at radius 2 is 2.00 bits per heavy atom. The van der Waals surface area contributed by atoms with E-state index in [1.165, 1.54) is 11.8 Å². The maximum atomic E-state index is 12.8. The molecule has 0 radical (unpaired) electrons. The molecule has 4 rings (SSSR count). The van der Waals surface area contributed by atoms with Gasteiger partial charge in [0, 0.05) is 25.3 Å². The quantitative estimate of drug-likeness (QED) is 0.780. The number of amides is 3. The van der Waals surface area contributed by atoms with E-state index < -0.39 is 6.03 Å². The van der Waals surface area contributed by atoms with Crippen molar-refractivity contribution < 1.29 is 14.3 Å². The fourth-order valence-corrected chi connectivity index (χ4v) is 3.54. The van der Waals surface area contributed by atoms with Gasteiger partial charge in [0.2, 0.25) is 0 Å². The second-order valence-corrected chi connectivity index (χ2v) is 7.91. The molecule has 2 aliphatic heterocycles. The highest BCUT2D eigenvalue weighted by Crippen LogP contribution is 2.22. The number of hydrogen-bond acceptors (Lipinski definition) is 5. The average Bonchev–Trinajstić information content (AvgIpc) is 3.12. The van der Waals surface area contributed by atoms with Crippen LogP contribution >= 0.6 is 0 Å². The minimum Gasteiger partial charge on any atom is -0.431 e. The highest BCUT2D eigenvalue weighted by atomic mass is 16.5. The molecule has 2 aromatic rings. The molecule has 3 amide bonds. The lowest BCUT2D eigenvalue weighted by Crippen LogP contribution is -2.36. The molecule has 0 saturated heterocycles. The lowest BCUT2D eigenvalue weighted by atomic mass is 10.0. The van der Waals surface area contributed by atoms with Crippen molar-refractivity contribution in [2.24, 2.45) is 4.99 Å². The first-order valence-electron chi connectivity index (χ1n) is 10.4. The number of aliphatic imine (C=N–C) groups is 1. The van der Waals surface area contributed by atoms with Gasteiger partial charge in [-0.2, -0.15) is 5.26 Å². The van der Waals surface area contributed by atoms with Crippen LogP contribution < -0.4 is 5.32 Å². The van der Waals surface area contributed by atoms with E-state index in [-0.39, 0.29) is 17.6 Å². The van der Waals surface area contributed by atoms with Gasteiger partial charge in [-0.1, -0.05) is 38.1 Å². The second-order valence-electron chi connectivity index (χ2n) is 7.91. The summed E-state index contributed by atoms with van der Waals surface area (Å²) in [5.41, 5.74) is 3.52. The van der Waals surface area contributed by atoms with Gasteiger partial charge < -0.3 is 15.0 Å². The van der Waals surface area contributed by atoms with Crippen LogP contribution in [0.3, 0.4) is 0 Å². The zero-order valence-corrected chi connectivity index (χ0v) is 17.9. The monoisotopic (exact) mass is 429 g/mol. The van der Waals surface area contributed by atoms with E-state index in [9.17, 15) is 9.59 Å². The lowest BCUT2D eigenvalue weighted by Gasteiger charge is -2.21. The molecule has 1 N–H and O–H groups in total. The van der Waals surface area contributed by atoms with Crippen molar-refractivity contribution in [1.29, 1.82) is 5.26 Å². The maximum absolute atomic E-state index is 12.8. The third kappa shape index (κ3) is 4.47. The number of nitrogens with one attached hydrogen (secondary N) is 1. The predicted octanol–water partition coefficient (Wildman–Crippen LogP) is 3.79. The van der Waals surface area contributed by atoms with Gasteiger partial charge in [0.25, 0.3) is 5.91 Å². The molecule has 0 spiro atoms. The number of urea groups is 1. The zero-order valence-electron chi connectivity index (χ0n) is 17.9. The summed E-state index contributed by atoms with van der Waals surface area (Å²) in [5.74, 6) is 0.0690. The Labute approximate surface area is 186 Å². The number of carbonyl (C=O) groups excluding carboxylic acids is 2. The van der Waals surface area contributed by atoms with Gasteiger partial charge in [-0.3, -0.25) is 9.69 Å². The van der Waals surface area contributed by atoms with Crippen molar-refractivity contribution in [3.8, 4) is 6.07 Å². The van der Waals surface area contributed by atoms with Gasteiger partial charge in [-0.25, -0.2) is 4.79 Å². The molecule has 162 valence electrons. The summed E-state index contributed by atoms with van der Waals surface area (Å²) < 4.78 is 5.43. The minimum atomic E-state index is -0.454. The minimum absolute atomic E-state index is 0.0866. The van der Waals surface area contributed by atoms with Gasteiger partial charge in [0.15, 0.2) is 0 Å². The normalized spacial score (nSPS) is 15.4. The van der Waals surface area contributed by atoms with Crippen LogP contribution in [-0.2, 0) is 16.1 Å². The maximum Gasteiger partial charge on any atom is 0.348 e. The molecule has 0 aromatic heterocycles. The Kier molecular flexibility index (Phi) is 5.90. The van der Waals surface area contributed by atoms with E-state index in [4.69, 9.17) is 10.00 Å². The molecular formula is C24H23N5O3. The van der Waals surface area contributed by atoms with Crippen LogP contribution in [0.1, 0.15) is 36.5 Å². The number of rotatable bonds is 5. The summed E-state index contributed by atoms with van der Waals surface area (Å²) in [7, 11) is 0. The number of hydrogen-bond donors (Lipinski definition) is 1. The smallest absolute Gasteiger partial charge is 0.348 e. The van der Waals surface area contributed by atoms with E-state index in [1.807, 2.05) is 30.3 Å². The summed E-state index contributed by atoms with van der Waals surface area (Å²) in [5, 5.41) is 11.9. The Hall–Kier alpha value is -4.12. The fourth-order valence-electron chi connectivity index (χ4n) is 3.54. The van der Waals surface area contributed by atoms with Crippen molar-refractivity contribution in [2.45, 2.75) is 26.3 Å². The summed E-state index contributed by atoms with van der Waals surface area (Å²) in [6, 6.07) is 16.5. The molecule has 8 nitrogen and oxygen atoms in total. The van der Waals surface area contributed by atoms with Gasteiger partial charge >= 0.3 is 12.1 Å². The molecule has 2 aliphatic rings. The van der Waals surface area contributed by atoms with Crippen LogP contribution in [0.2, 0.25) is 0 Å². The number of benzene rings is 2. The Morgan fingerprint density at radius 1 is 1.22 bits per heavy atom. The van der Waals surface area contributed by atoms with Crippen molar-refractivity contribution in [3.05, 3.63) is 77.2 Å². The first kappa shape index (κ1) is 21.1. The number of anilines is 1. The van der Waals surface area contributed by atoms with Gasteiger partial charge in [0.1, 0.15) is 12.0 Å². The number of amidine groups is 1. The molecule has 0 saturated carbocycles. The van der Waals surface area contributed by atoms with E-state index in [1.54, 1.807) is 28.0 Å². The second kappa shape index (κ2) is 8.94. The molecule has 2 aromatic carbocycles. The third-order valence-corrected chi connectivity index (χ3v) is 5.35. The molecule has 2 heterocycles. The van der Waals surface area contributed by atoms with E-state index >= 15 is 0 Å². The lowest BCUT2D eigenvalue weighted by molar-refractivity contribution is -0.113. The largest absolute Gasteiger partial charge is 0.431 e. The Bertz CT molecular complexity index is 1140. The molecular weight excluding hydrogens is 406 g/mol. The van der Waals surface area contributed by atoms with Gasteiger partial charge in [0.05, 0.1) is 11.6 Å². The molecule has 8 heteroatoms. The molecule has 0 unspecified atom stereocenters. The third-order valence-electron chi connectivity index (χ3n) is 5.35. The highest BCUT2D eigenvalue weighted by Gasteiger charge is 2.33. The van der Waals surface area contributed by atoms with Gasteiger partial charge in [-0.05, 0) is 41.3 Å². The fraction of sp³-hybridized carbons (Fsp3) is 0.250.